The Kier molecular flexibility index (Phi) is 12.8. The summed E-state index contributed by atoms with van der Waals surface area (Å²) in [4.78, 5) is 38.9. The summed E-state index contributed by atoms with van der Waals surface area (Å²) in [5.74, 6) is -1.23. The van der Waals surface area contributed by atoms with Gasteiger partial charge in [0.2, 0.25) is 11.8 Å². The highest BCUT2D eigenvalue weighted by Gasteiger charge is 2.24. The van der Waals surface area contributed by atoms with Gasteiger partial charge in [0.15, 0.2) is 0 Å². The largest absolute Gasteiger partial charge is 0.384 e. The molecule has 3 aromatic rings. The Labute approximate surface area is 259 Å². The number of aliphatic hydroxyl groups is 1. The maximum absolute atomic E-state index is 12.9. The van der Waals surface area contributed by atoms with Crippen LogP contribution in [0.2, 0.25) is 0 Å². The predicted octanol–water partition coefficient (Wildman–Crippen LogP) is 3.72. The van der Waals surface area contributed by atoms with Crippen LogP contribution in [-0.2, 0) is 37.4 Å². The summed E-state index contributed by atoms with van der Waals surface area (Å²) in [7, 11) is -4.23. The lowest BCUT2D eigenvalue weighted by atomic mass is 10.0. The van der Waals surface area contributed by atoms with E-state index in [2.05, 4.69) is 17.9 Å². The summed E-state index contributed by atoms with van der Waals surface area (Å²) in [5.41, 5.74) is 2.93. The Balaban J connectivity index is 1.65. The van der Waals surface area contributed by atoms with Crippen molar-refractivity contribution in [1.29, 1.82) is 0 Å². The van der Waals surface area contributed by atoms with Crippen LogP contribution in [0, 0.1) is 0 Å². The van der Waals surface area contributed by atoms with E-state index in [1.165, 1.54) is 13.0 Å². The molecular formula is C32H39N3O6S2. The lowest BCUT2D eigenvalue weighted by Gasteiger charge is -2.23. The van der Waals surface area contributed by atoms with E-state index in [9.17, 15) is 27.9 Å². The molecule has 0 radical (unpaired) electrons. The summed E-state index contributed by atoms with van der Waals surface area (Å²) in [6, 6.07) is 23.3. The lowest BCUT2D eigenvalue weighted by Crippen LogP contribution is -2.37. The average molecular weight is 626 g/mol. The van der Waals surface area contributed by atoms with Crippen LogP contribution in [0.4, 0.5) is 0 Å². The second-order valence-corrected chi connectivity index (χ2v) is 12.7. The van der Waals surface area contributed by atoms with Gasteiger partial charge in [0.25, 0.3) is 15.9 Å². The molecule has 0 saturated carbocycles. The Morgan fingerprint density at radius 3 is 2.21 bits per heavy atom. The van der Waals surface area contributed by atoms with E-state index in [1.54, 1.807) is 47.4 Å². The van der Waals surface area contributed by atoms with Crippen molar-refractivity contribution in [2.24, 2.45) is 0 Å². The van der Waals surface area contributed by atoms with Gasteiger partial charge in [-0.2, -0.15) is 12.6 Å². The number of aliphatic hydroxyl groups excluding tert-OH is 1. The molecule has 0 aliphatic rings. The van der Waals surface area contributed by atoms with Crippen molar-refractivity contribution in [3.8, 4) is 11.1 Å². The third kappa shape index (κ3) is 10.5. The molecule has 0 aromatic heterocycles. The third-order valence-corrected chi connectivity index (χ3v) is 8.47. The van der Waals surface area contributed by atoms with Crippen LogP contribution in [0.15, 0.2) is 83.8 Å². The van der Waals surface area contributed by atoms with Crippen LogP contribution in [-0.4, -0.2) is 60.6 Å². The van der Waals surface area contributed by atoms with Gasteiger partial charge >= 0.3 is 0 Å². The van der Waals surface area contributed by atoms with Crippen LogP contribution >= 0.6 is 12.6 Å². The molecule has 2 atom stereocenters. The minimum atomic E-state index is -4.23. The molecule has 0 fully saturated rings. The van der Waals surface area contributed by atoms with Crippen molar-refractivity contribution < 1.29 is 27.9 Å². The van der Waals surface area contributed by atoms with Crippen LogP contribution in [0.1, 0.15) is 44.2 Å². The Morgan fingerprint density at radius 1 is 0.907 bits per heavy atom. The van der Waals surface area contributed by atoms with Crippen molar-refractivity contribution >= 4 is 40.4 Å². The molecule has 0 aliphatic heterocycles. The predicted molar refractivity (Wildman–Crippen MR) is 170 cm³/mol. The molecule has 0 aliphatic carbocycles. The number of thiol groups is 1. The smallest absolute Gasteiger partial charge is 0.264 e. The highest BCUT2D eigenvalue weighted by Crippen LogP contribution is 2.28. The molecule has 9 nitrogen and oxygen atoms in total. The van der Waals surface area contributed by atoms with E-state index >= 15 is 0 Å². The van der Waals surface area contributed by atoms with E-state index < -0.39 is 22.0 Å². The first-order valence-corrected chi connectivity index (χ1v) is 16.2. The second-order valence-electron chi connectivity index (χ2n) is 10.3. The van der Waals surface area contributed by atoms with Gasteiger partial charge in [-0.25, -0.2) is 13.1 Å². The van der Waals surface area contributed by atoms with E-state index in [0.29, 0.717) is 37.1 Å². The quantitative estimate of drug-likeness (QED) is 0.190. The SMILES string of the molecule is CCCC(=O)N(CCC(=O)NC[C@@H](S)Cc1ccccc1)Cc1ccc(-c2ccccc2S(=O)(=O)NC(=O)[C@H](C)O)cc1. The Bertz CT molecular complexity index is 1480. The highest BCUT2D eigenvalue weighted by molar-refractivity contribution is 7.90. The summed E-state index contributed by atoms with van der Waals surface area (Å²) in [6.45, 7) is 4.07. The van der Waals surface area contributed by atoms with E-state index in [4.69, 9.17) is 0 Å². The van der Waals surface area contributed by atoms with E-state index in [0.717, 1.165) is 17.5 Å². The Hall–Kier alpha value is -3.67. The summed E-state index contributed by atoms with van der Waals surface area (Å²) < 4.78 is 27.6. The maximum atomic E-state index is 12.9. The fraction of sp³-hybridized carbons (Fsp3) is 0.344. The normalized spacial score (nSPS) is 12.7. The molecule has 230 valence electrons. The number of rotatable bonds is 15. The van der Waals surface area contributed by atoms with Gasteiger partial charge in [-0.15, -0.1) is 0 Å². The number of sulfonamides is 1. The minimum absolute atomic E-state index is 0.0303. The number of nitrogens with one attached hydrogen (secondary N) is 2. The summed E-state index contributed by atoms with van der Waals surface area (Å²) in [5, 5.41) is 12.3. The third-order valence-electron chi connectivity index (χ3n) is 6.70. The standard InChI is InChI=1S/C32H39N3O6S2/c1-3-9-31(38)35(19-18-30(37)33-21-27(42)20-24-10-5-4-6-11-24)22-25-14-16-26(17-15-25)28-12-7-8-13-29(28)43(40,41)34-32(39)23(2)36/h4-8,10-17,23,27,36,42H,3,9,18-22H2,1-2H3,(H,33,37)(H,34,39)/t23-,27-/m0/s1. The van der Waals surface area contributed by atoms with Gasteiger partial charge in [0.05, 0.1) is 4.90 Å². The minimum Gasteiger partial charge on any atom is -0.384 e. The first-order chi connectivity index (χ1) is 20.5. The zero-order valence-electron chi connectivity index (χ0n) is 24.4. The first kappa shape index (κ1) is 33.8. The second kappa shape index (κ2) is 16.3. The molecule has 0 bridgehead atoms. The van der Waals surface area contributed by atoms with Crippen LogP contribution in [0.5, 0.6) is 0 Å². The fourth-order valence-electron chi connectivity index (χ4n) is 4.40. The average Bonchev–Trinajstić information content (AvgIpc) is 2.99. The number of hydrogen-bond acceptors (Lipinski definition) is 7. The number of amides is 3. The zero-order valence-corrected chi connectivity index (χ0v) is 26.1. The number of benzene rings is 3. The highest BCUT2D eigenvalue weighted by atomic mass is 32.2. The number of carbonyl (C=O) groups is 3. The van der Waals surface area contributed by atoms with Crippen LogP contribution in [0.25, 0.3) is 11.1 Å². The van der Waals surface area contributed by atoms with Gasteiger partial charge in [-0.05, 0) is 42.5 Å². The molecule has 0 heterocycles. The summed E-state index contributed by atoms with van der Waals surface area (Å²) >= 11 is 4.59. The van der Waals surface area contributed by atoms with Crippen molar-refractivity contribution in [2.75, 3.05) is 13.1 Å². The van der Waals surface area contributed by atoms with Gasteiger partial charge in [0.1, 0.15) is 6.10 Å². The molecule has 0 saturated heterocycles. The lowest BCUT2D eigenvalue weighted by molar-refractivity contribution is -0.132. The zero-order chi connectivity index (χ0) is 31.4. The molecule has 3 rings (SSSR count). The molecule has 3 N–H and O–H groups in total. The van der Waals surface area contributed by atoms with Gasteiger partial charge in [0, 0.05) is 43.3 Å². The number of nitrogens with zero attached hydrogens (tertiary/aromatic N) is 1. The van der Waals surface area contributed by atoms with Gasteiger partial charge < -0.3 is 15.3 Å². The van der Waals surface area contributed by atoms with Crippen molar-refractivity contribution in [3.05, 3.63) is 90.0 Å². The van der Waals surface area contributed by atoms with Gasteiger partial charge in [-0.1, -0.05) is 79.7 Å². The molecule has 3 amide bonds. The molecule has 11 heteroatoms. The molecule has 0 unspecified atom stereocenters. The molecular weight excluding hydrogens is 587 g/mol. The topological polar surface area (TPSA) is 133 Å². The number of hydrogen-bond donors (Lipinski definition) is 4. The maximum Gasteiger partial charge on any atom is 0.264 e. The van der Waals surface area contributed by atoms with E-state index in [-0.39, 0.29) is 34.9 Å². The van der Waals surface area contributed by atoms with Crippen LogP contribution in [0.3, 0.4) is 0 Å². The number of carbonyl (C=O) groups excluding carboxylic acids is 3. The van der Waals surface area contributed by atoms with Crippen LogP contribution < -0.4 is 10.0 Å². The monoisotopic (exact) mass is 625 g/mol. The van der Waals surface area contributed by atoms with E-state index in [1.807, 2.05) is 42.0 Å². The van der Waals surface area contributed by atoms with Crippen molar-refractivity contribution in [1.82, 2.24) is 14.9 Å². The Morgan fingerprint density at radius 2 is 1.56 bits per heavy atom. The molecule has 43 heavy (non-hydrogen) atoms. The first-order valence-electron chi connectivity index (χ1n) is 14.2. The molecule has 0 spiro atoms. The van der Waals surface area contributed by atoms with Gasteiger partial charge in [-0.3, -0.25) is 14.4 Å². The fourth-order valence-corrected chi connectivity index (χ4v) is 5.98. The van der Waals surface area contributed by atoms with Crippen molar-refractivity contribution in [3.63, 3.8) is 0 Å². The van der Waals surface area contributed by atoms with Crippen molar-refractivity contribution in [2.45, 2.75) is 62.3 Å². The summed E-state index contributed by atoms with van der Waals surface area (Å²) in [6.07, 6.45) is 0.443. The molecule has 3 aromatic carbocycles.